The molecule has 1 aromatic heterocycles. The van der Waals surface area contributed by atoms with Crippen LogP contribution in [0, 0.1) is 17.1 Å². The highest BCUT2D eigenvalue weighted by molar-refractivity contribution is 7.22. The van der Waals surface area contributed by atoms with Crippen LogP contribution in [0.25, 0.3) is 10.2 Å². The molecule has 3 nitrogen and oxygen atoms in total. The summed E-state index contributed by atoms with van der Waals surface area (Å²) in [6.45, 7) is 4.90. The van der Waals surface area contributed by atoms with Crippen LogP contribution < -0.4 is 5.32 Å². The Bertz CT molecular complexity index is 875. The molecule has 23 heavy (non-hydrogen) atoms. The van der Waals surface area contributed by atoms with E-state index in [1.807, 2.05) is 24.3 Å². The minimum atomic E-state index is -0.225. The van der Waals surface area contributed by atoms with Gasteiger partial charge in [-0.3, -0.25) is 0 Å². The maximum Gasteiger partial charge on any atom is 0.183 e. The quantitative estimate of drug-likeness (QED) is 0.756. The number of hydrogen-bond donors (Lipinski definition) is 1. The highest BCUT2D eigenvalue weighted by Crippen LogP contribution is 2.29. The van der Waals surface area contributed by atoms with E-state index in [1.165, 1.54) is 23.5 Å². The van der Waals surface area contributed by atoms with E-state index in [1.54, 1.807) is 6.07 Å². The third kappa shape index (κ3) is 3.33. The molecular weight excluding hydrogens is 309 g/mol. The normalized spacial score (nSPS) is 11.4. The van der Waals surface area contributed by atoms with Crippen LogP contribution in [0.3, 0.4) is 0 Å². The maximum atomic E-state index is 13.1. The summed E-state index contributed by atoms with van der Waals surface area (Å²) in [6, 6.07) is 14.2. The number of benzene rings is 2. The summed E-state index contributed by atoms with van der Waals surface area (Å²) in [5.74, 6) is -0.225. The molecular formula is C18H16FN3S. The van der Waals surface area contributed by atoms with Crippen LogP contribution in [0.4, 0.5) is 9.52 Å². The first kappa shape index (κ1) is 15.4. The fraction of sp³-hybridized carbons (Fsp3) is 0.222. The van der Waals surface area contributed by atoms with Crippen molar-refractivity contribution >= 4 is 26.7 Å². The van der Waals surface area contributed by atoms with Gasteiger partial charge in [-0.15, -0.1) is 0 Å². The number of nitrogens with one attached hydrogen (secondary N) is 1. The van der Waals surface area contributed by atoms with Gasteiger partial charge in [0.05, 0.1) is 21.8 Å². The molecule has 0 atom stereocenters. The van der Waals surface area contributed by atoms with Gasteiger partial charge in [-0.25, -0.2) is 9.37 Å². The summed E-state index contributed by atoms with van der Waals surface area (Å²) in [5.41, 5.74) is 2.44. The molecule has 0 amide bonds. The molecule has 3 aromatic rings. The van der Waals surface area contributed by atoms with Crippen molar-refractivity contribution in [3.63, 3.8) is 0 Å². The second kappa shape index (κ2) is 5.98. The van der Waals surface area contributed by atoms with E-state index in [4.69, 9.17) is 5.26 Å². The van der Waals surface area contributed by atoms with Crippen molar-refractivity contribution in [3.8, 4) is 6.07 Å². The van der Waals surface area contributed by atoms with Gasteiger partial charge in [0.1, 0.15) is 5.82 Å². The summed E-state index contributed by atoms with van der Waals surface area (Å²) < 4.78 is 14.1. The molecule has 0 bridgehead atoms. The Hall–Kier alpha value is -2.45. The number of fused-ring (bicyclic) bond motifs is 1. The number of aromatic nitrogens is 1. The number of nitriles is 1. The molecule has 2 aromatic carbocycles. The monoisotopic (exact) mass is 325 g/mol. The maximum absolute atomic E-state index is 13.1. The van der Waals surface area contributed by atoms with Gasteiger partial charge in [-0.05, 0) is 35.9 Å². The molecule has 0 fully saturated rings. The van der Waals surface area contributed by atoms with Crippen LogP contribution in [0.1, 0.15) is 25.0 Å². The number of anilines is 1. The Balaban J connectivity index is 1.77. The van der Waals surface area contributed by atoms with Crippen LogP contribution in [0.5, 0.6) is 0 Å². The molecule has 1 N–H and O–H groups in total. The van der Waals surface area contributed by atoms with Gasteiger partial charge in [0, 0.05) is 12.0 Å². The lowest BCUT2D eigenvalue weighted by atomic mass is 9.85. The molecule has 116 valence electrons. The predicted molar refractivity (Wildman–Crippen MR) is 92.3 cm³/mol. The lowest BCUT2D eigenvalue weighted by Crippen LogP contribution is -2.27. The predicted octanol–water partition coefficient (Wildman–Crippen LogP) is 4.70. The molecule has 0 radical (unpaired) electrons. The van der Waals surface area contributed by atoms with E-state index in [0.717, 1.165) is 20.9 Å². The first-order valence-electron chi connectivity index (χ1n) is 7.28. The summed E-state index contributed by atoms with van der Waals surface area (Å²) >= 11 is 1.53. The lowest BCUT2D eigenvalue weighted by Gasteiger charge is -2.25. The first-order chi connectivity index (χ1) is 11.0. The van der Waals surface area contributed by atoms with Crippen molar-refractivity contribution in [2.24, 2.45) is 0 Å². The molecule has 1 heterocycles. The van der Waals surface area contributed by atoms with Crippen molar-refractivity contribution in [2.45, 2.75) is 19.3 Å². The molecule has 0 spiro atoms. The Morgan fingerprint density at radius 1 is 1.22 bits per heavy atom. The topological polar surface area (TPSA) is 48.7 Å². The highest BCUT2D eigenvalue weighted by Gasteiger charge is 2.21. The number of thiazole rings is 1. The summed E-state index contributed by atoms with van der Waals surface area (Å²) in [4.78, 5) is 4.54. The fourth-order valence-electron chi connectivity index (χ4n) is 2.37. The zero-order valence-corrected chi connectivity index (χ0v) is 13.7. The Morgan fingerprint density at radius 2 is 1.96 bits per heavy atom. The van der Waals surface area contributed by atoms with E-state index in [9.17, 15) is 4.39 Å². The van der Waals surface area contributed by atoms with Crippen molar-refractivity contribution in [1.29, 1.82) is 5.26 Å². The number of nitrogens with zero attached hydrogens (tertiary/aromatic N) is 2. The third-order valence-corrected chi connectivity index (χ3v) is 4.80. The molecule has 0 aliphatic heterocycles. The minimum Gasteiger partial charge on any atom is -0.361 e. The smallest absolute Gasteiger partial charge is 0.183 e. The minimum absolute atomic E-state index is 0.149. The van der Waals surface area contributed by atoms with E-state index < -0.39 is 0 Å². The van der Waals surface area contributed by atoms with Gasteiger partial charge >= 0.3 is 0 Å². The van der Waals surface area contributed by atoms with E-state index in [2.05, 4.69) is 30.2 Å². The van der Waals surface area contributed by atoms with Crippen molar-refractivity contribution in [2.75, 3.05) is 11.9 Å². The largest absolute Gasteiger partial charge is 0.361 e. The average molecular weight is 325 g/mol. The second-order valence-corrected chi connectivity index (χ2v) is 7.09. The van der Waals surface area contributed by atoms with Crippen molar-refractivity contribution in [3.05, 3.63) is 59.4 Å². The summed E-state index contributed by atoms with van der Waals surface area (Å²) in [6.07, 6.45) is 0. The molecule has 0 aliphatic carbocycles. The molecule has 5 heteroatoms. The van der Waals surface area contributed by atoms with Gasteiger partial charge in [-0.1, -0.05) is 37.3 Å². The highest BCUT2D eigenvalue weighted by atomic mass is 32.1. The molecule has 3 rings (SSSR count). The van der Waals surface area contributed by atoms with Crippen molar-refractivity contribution in [1.82, 2.24) is 4.98 Å². The van der Waals surface area contributed by atoms with Crippen molar-refractivity contribution < 1.29 is 4.39 Å². The number of halogens is 1. The third-order valence-electron chi connectivity index (χ3n) is 3.82. The van der Waals surface area contributed by atoms with Gasteiger partial charge in [-0.2, -0.15) is 5.26 Å². The molecule has 0 aliphatic rings. The van der Waals surface area contributed by atoms with Gasteiger partial charge in [0.15, 0.2) is 5.13 Å². The second-order valence-electron chi connectivity index (χ2n) is 6.06. The standard InChI is InChI=1S/C18H16FN3S/c1-18(2,13-4-6-14(19)7-5-13)11-21-17-22-15-8-3-12(10-20)9-16(15)23-17/h3-9H,11H2,1-2H3,(H,21,22). The summed E-state index contributed by atoms with van der Waals surface area (Å²) in [5, 5.41) is 13.1. The Morgan fingerprint density at radius 3 is 2.65 bits per heavy atom. The van der Waals surface area contributed by atoms with Crippen LogP contribution in [0.2, 0.25) is 0 Å². The summed E-state index contributed by atoms with van der Waals surface area (Å²) in [7, 11) is 0. The van der Waals surface area contributed by atoms with Crippen LogP contribution in [-0.4, -0.2) is 11.5 Å². The van der Waals surface area contributed by atoms with E-state index >= 15 is 0 Å². The van der Waals surface area contributed by atoms with E-state index in [-0.39, 0.29) is 11.2 Å². The van der Waals surface area contributed by atoms with E-state index in [0.29, 0.717) is 12.1 Å². The SMILES string of the molecule is CC(C)(CNc1nc2ccc(C#N)cc2s1)c1ccc(F)cc1. The number of hydrogen-bond acceptors (Lipinski definition) is 4. The van der Waals surface area contributed by atoms with Gasteiger partial charge in [0.25, 0.3) is 0 Å². The van der Waals surface area contributed by atoms with Gasteiger partial charge in [0.2, 0.25) is 0 Å². The average Bonchev–Trinajstić information content (AvgIpc) is 2.95. The van der Waals surface area contributed by atoms with Crippen LogP contribution in [0.15, 0.2) is 42.5 Å². The Kier molecular flexibility index (Phi) is 4.01. The first-order valence-corrected chi connectivity index (χ1v) is 8.10. The fourth-order valence-corrected chi connectivity index (χ4v) is 3.27. The molecule has 0 saturated carbocycles. The van der Waals surface area contributed by atoms with Gasteiger partial charge < -0.3 is 5.32 Å². The lowest BCUT2D eigenvalue weighted by molar-refractivity contribution is 0.553. The zero-order chi connectivity index (χ0) is 16.4. The number of rotatable bonds is 4. The molecule has 0 unspecified atom stereocenters. The zero-order valence-electron chi connectivity index (χ0n) is 12.9. The van der Waals surface area contributed by atoms with Crippen LogP contribution >= 0.6 is 11.3 Å². The Labute approximate surface area is 138 Å². The molecule has 0 saturated heterocycles. The van der Waals surface area contributed by atoms with Crippen LogP contribution in [-0.2, 0) is 5.41 Å².